The molecule has 5 rings (SSSR count). The number of aryl methyl sites for hydroxylation is 1. The Morgan fingerprint density at radius 2 is 1.93 bits per heavy atom. The van der Waals surface area contributed by atoms with Gasteiger partial charge in [-0.2, -0.15) is 5.10 Å². The number of pyridine rings is 1. The van der Waals surface area contributed by atoms with E-state index >= 15 is 0 Å². The van der Waals surface area contributed by atoms with E-state index in [-0.39, 0.29) is 11.8 Å². The smallest absolute Gasteiger partial charge is 0.223 e. The molecule has 0 N–H and O–H groups in total. The van der Waals surface area contributed by atoms with Crippen molar-refractivity contribution in [3.8, 4) is 5.69 Å². The lowest BCUT2D eigenvalue weighted by atomic mass is 9.99. The van der Waals surface area contributed by atoms with E-state index in [2.05, 4.69) is 17.1 Å². The van der Waals surface area contributed by atoms with Gasteiger partial charge in [-0.15, -0.1) is 0 Å². The van der Waals surface area contributed by atoms with Crippen molar-refractivity contribution in [3.63, 3.8) is 0 Å². The van der Waals surface area contributed by atoms with Crippen molar-refractivity contribution in [3.05, 3.63) is 71.6 Å². The Labute approximate surface area is 164 Å². The topological polar surface area (TPSA) is 63.9 Å². The normalized spacial score (nSPS) is 19.4. The largest absolute Gasteiger partial charge is 0.335 e. The first-order chi connectivity index (χ1) is 13.7. The molecule has 1 aliphatic heterocycles. The summed E-state index contributed by atoms with van der Waals surface area (Å²) in [6.45, 7) is 3.24. The Balaban J connectivity index is 1.43. The van der Waals surface area contributed by atoms with Crippen LogP contribution in [0, 0.1) is 6.92 Å². The summed E-state index contributed by atoms with van der Waals surface area (Å²) in [6.07, 6.45) is 6.47. The summed E-state index contributed by atoms with van der Waals surface area (Å²) in [5, 5.41) is 4.79. The Morgan fingerprint density at radius 3 is 2.68 bits per heavy atom. The molecule has 0 unspecified atom stereocenters. The van der Waals surface area contributed by atoms with E-state index < -0.39 is 0 Å². The van der Waals surface area contributed by atoms with Gasteiger partial charge in [-0.25, -0.2) is 9.67 Å². The first kappa shape index (κ1) is 17.1. The maximum Gasteiger partial charge on any atom is 0.223 e. The summed E-state index contributed by atoms with van der Waals surface area (Å²) in [4.78, 5) is 23.6. The number of carbonyl (C=O) groups is 1. The van der Waals surface area contributed by atoms with Crippen molar-refractivity contribution < 1.29 is 4.79 Å². The first-order valence-corrected chi connectivity index (χ1v) is 9.88. The molecular weight excluding hydrogens is 350 g/mol. The molecule has 2 fully saturated rings. The third kappa shape index (κ3) is 3.19. The molecule has 28 heavy (non-hydrogen) atoms. The van der Waals surface area contributed by atoms with Crippen LogP contribution in [0.4, 0.5) is 0 Å². The number of aromatic nitrogens is 4. The molecule has 0 bridgehead atoms. The van der Waals surface area contributed by atoms with E-state index in [9.17, 15) is 4.79 Å². The van der Waals surface area contributed by atoms with Gasteiger partial charge in [-0.1, -0.05) is 30.3 Å². The van der Waals surface area contributed by atoms with E-state index in [4.69, 9.17) is 10.1 Å². The highest BCUT2D eigenvalue weighted by molar-refractivity contribution is 5.79. The molecule has 6 heteroatoms. The average molecular weight is 373 g/mol. The maximum absolute atomic E-state index is 12.7. The standard InChI is InChI=1S/C22H23N5O/c1-15-12-23-10-9-19(15)27-20(24-22(25-27)17-7-8-17)14-26-13-18(11-21(26)28)16-5-3-2-4-6-16/h2-6,9-10,12,17-18H,7-8,11,13-14H2,1H3/t18-/m1/s1. The van der Waals surface area contributed by atoms with Gasteiger partial charge in [0.2, 0.25) is 5.91 Å². The number of likely N-dealkylation sites (tertiary alicyclic amines) is 1. The van der Waals surface area contributed by atoms with E-state index in [0.717, 1.165) is 42.3 Å². The van der Waals surface area contributed by atoms with Crippen LogP contribution in [0.15, 0.2) is 48.8 Å². The molecule has 142 valence electrons. The van der Waals surface area contributed by atoms with Crippen LogP contribution in [0.3, 0.4) is 0 Å². The van der Waals surface area contributed by atoms with Crippen LogP contribution in [0.2, 0.25) is 0 Å². The maximum atomic E-state index is 12.7. The van der Waals surface area contributed by atoms with E-state index in [1.54, 1.807) is 6.20 Å². The Morgan fingerprint density at radius 1 is 1.11 bits per heavy atom. The number of carbonyl (C=O) groups excluding carboxylic acids is 1. The monoisotopic (exact) mass is 373 g/mol. The fourth-order valence-corrected chi connectivity index (χ4v) is 3.92. The second-order valence-electron chi connectivity index (χ2n) is 7.82. The van der Waals surface area contributed by atoms with Gasteiger partial charge in [0.15, 0.2) is 11.6 Å². The van der Waals surface area contributed by atoms with Crippen LogP contribution in [0.5, 0.6) is 0 Å². The van der Waals surface area contributed by atoms with Gasteiger partial charge in [0.1, 0.15) is 0 Å². The lowest BCUT2D eigenvalue weighted by Gasteiger charge is -2.17. The molecule has 0 spiro atoms. The van der Waals surface area contributed by atoms with Crippen molar-refractivity contribution in [1.29, 1.82) is 0 Å². The van der Waals surface area contributed by atoms with Crippen molar-refractivity contribution in [2.45, 2.75) is 44.6 Å². The molecule has 0 radical (unpaired) electrons. The quantitative estimate of drug-likeness (QED) is 0.688. The summed E-state index contributed by atoms with van der Waals surface area (Å²) in [7, 11) is 0. The minimum Gasteiger partial charge on any atom is -0.335 e. The zero-order valence-corrected chi connectivity index (χ0v) is 16.0. The molecule has 1 saturated carbocycles. The predicted molar refractivity (Wildman–Crippen MR) is 105 cm³/mol. The van der Waals surface area contributed by atoms with Gasteiger partial charge >= 0.3 is 0 Å². The second kappa shape index (κ2) is 6.86. The van der Waals surface area contributed by atoms with E-state index in [1.807, 2.05) is 47.0 Å². The molecule has 1 atom stereocenters. The molecule has 3 aromatic rings. The zero-order chi connectivity index (χ0) is 19.1. The predicted octanol–water partition coefficient (Wildman–Crippen LogP) is 3.36. The van der Waals surface area contributed by atoms with Gasteiger partial charge in [-0.3, -0.25) is 9.78 Å². The number of nitrogens with zero attached hydrogens (tertiary/aromatic N) is 5. The number of hydrogen-bond donors (Lipinski definition) is 0. The molecule has 2 aliphatic rings. The van der Waals surface area contributed by atoms with Gasteiger partial charge in [0, 0.05) is 37.2 Å². The second-order valence-corrected chi connectivity index (χ2v) is 7.82. The molecular formula is C22H23N5O. The Hall–Kier alpha value is -3.02. The van der Waals surface area contributed by atoms with Crippen LogP contribution in [0.1, 0.15) is 53.9 Å². The number of hydrogen-bond acceptors (Lipinski definition) is 4. The van der Waals surface area contributed by atoms with Crippen molar-refractivity contribution in [1.82, 2.24) is 24.6 Å². The number of benzene rings is 1. The molecule has 2 aromatic heterocycles. The van der Waals surface area contributed by atoms with Gasteiger partial charge in [-0.05, 0) is 37.0 Å². The summed E-state index contributed by atoms with van der Waals surface area (Å²) in [6, 6.07) is 12.3. The Kier molecular flexibility index (Phi) is 4.19. The zero-order valence-electron chi connectivity index (χ0n) is 16.0. The van der Waals surface area contributed by atoms with E-state index in [1.165, 1.54) is 5.56 Å². The summed E-state index contributed by atoms with van der Waals surface area (Å²) in [5.74, 6) is 2.63. The summed E-state index contributed by atoms with van der Waals surface area (Å²) >= 11 is 0. The van der Waals surface area contributed by atoms with Crippen molar-refractivity contribution >= 4 is 5.91 Å². The van der Waals surface area contributed by atoms with Crippen molar-refractivity contribution in [2.75, 3.05) is 6.54 Å². The van der Waals surface area contributed by atoms with Crippen LogP contribution in [0.25, 0.3) is 5.69 Å². The minimum absolute atomic E-state index is 0.183. The van der Waals surface area contributed by atoms with E-state index in [0.29, 0.717) is 18.9 Å². The minimum atomic E-state index is 0.183. The molecule has 3 heterocycles. The lowest BCUT2D eigenvalue weighted by molar-refractivity contribution is -0.128. The SMILES string of the molecule is Cc1cnccc1-n1nc(C2CC2)nc1CN1C[C@H](c2ccccc2)CC1=O. The van der Waals surface area contributed by atoms with Crippen LogP contribution in [-0.2, 0) is 11.3 Å². The van der Waals surface area contributed by atoms with Crippen LogP contribution in [-0.4, -0.2) is 37.1 Å². The fourth-order valence-electron chi connectivity index (χ4n) is 3.92. The summed E-state index contributed by atoms with van der Waals surface area (Å²) < 4.78 is 1.91. The molecule has 1 aliphatic carbocycles. The molecule has 6 nitrogen and oxygen atoms in total. The van der Waals surface area contributed by atoms with Crippen LogP contribution < -0.4 is 0 Å². The van der Waals surface area contributed by atoms with Gasteiger partial charge in [0.25, 0.3) is 0 Å². The fraction of sp³-hybridized carbons (Fsp3) is 0.364. The highest BCUT2D eigenvalue weighted by atomic mass is 16.2. The molecule has 1 aromatic carbocycles. The van der Waals surface area contributed by atoms with Gasteiger partial charge in [0.05, 0.1) is 12.2 Å². The van der Waals surface area contributed by atoms with Crippen LogP contribution >= 0.6 is 0 Å². The third-order valence-electron chi connectivity index (χ3n) is 5.67. The Bertz CT molecular complexity index is 1010. The highest BCUT2D eigenvalue weighted by Crippen LogP contribution is 2.38. The van der Waals surface area contributed by atoms with Crippen molar-refractivity contribution in [2.24, 2.45) is 0 Å². The summed E-state index contributed by atoms with van der Waals surface area (Å²) in [5.41, 5.74) is 3.25. The third-order valence-corrected chi connectivity index (χ3v) is 5.67. The number of amides is 1. The molecule has 1 amide bonds. The number of rotatable bonds is 5. The van der Waals surface area contributed by atoms with Gasteiger partial charge < -0.3 is 4.90 Å². The lowest BCUT2D eigenvalue weighted by Crippen LogP contribution is -2.26. The highest BCUT2D eigenvalue weighted by Gasteiger charge is 2.33. The first-order valence-electron chi connectivity index (χ1n) is 9.88. The molecule has 1 saturated heterocycles. The average Bonchev–Trinajstić information content (AvgIpc) is 3.39.